The van der Waals surface area contributed by atoms with Crippen LogP contribution in [0.15, 0.2) is 51.8 Å². The molecule has 0 aliphatic rings. The van der Waals surface area contributed by atoms with E-state index >= 15 is 0 Å². The number of esters is 1. The van der Waals surface area contributed by atoms with Crippen LogP contribution >= 0.6 is 15.9 Å². The van der Waals surface area contributed by atoms with E-state index < -0.39 is 10.0 Å². The van der Waals surface area contributed by atoms with Gasteiger partial charge in [-0.1, -0.05) is 33.6 Å². The fourth-order valence-corrected chi connectivity index (χ4v) is 4.56. The normalized spacial score (nSPS) is 11.1. The van der Waals surface area contributed by atoms with Crippen molar-refractivity contribution in [3.63, 3.8) is 0 Å². The number of anilines is 1. The minimum Gasteiger partial charge on any atom is -0.466 e. The minimum absolute atomic E-state index is 0.0392. The van der Waals surface area contributed by atoms with Gasteiger partial charge in [0.15, 0.2) is 6.29 Å². The summed E-state index contributed by atoms with van der Waals surface area (Å²) in [5, 5.41) is 0. The maximum atomic E-state index is 13.3. The molecule has 0 spiro atoms. The molecule has 0 fully saturated rings. The topological polar surface area (TPSA) is 80.8 Å². The van der Waals surface area contributed by atoms with Gasteiger partial charge in [0.05, 0.1) is 17.2 Å². The zero-order valence-electron chi connectivity index (χ0n) is 15.7. The second-order valence-corrected chi connectivity index (χ2v) is 8.90. The van der Waals surface area contributed by atoms with Gasteiger partial charge in [-0.05, 0) is 50.6 Å². The van der Waals surface area contributed by atoms with Crippen LogP contribution in [0.5, 0.6) is 0 Å². The fourth-order valence-electron chi connectivity index (χ4n) is 2.65. The molecule has 2 aromatic carbocycles. The van der Waals surface area contributed by atoms with E-state index in [1.165, 1.54) is 16.4 Å². The van der Waals surface area contributed by atoms with Crippen molar-refractivity contribution < 1.29 is 22.7 Å². The van der Waals surface area contributed by atoms with Gasteiger partial charge in [0.2, 0.25) is 0 Å². The zero-order chi connectivity index (χ0) is 20.7. The second-order valence-electron chi connectivity index (χ2n) is 6.12. The Bertz CT molecular complexity index is 942. The third-order valence-electron chi connectivity index (χ3n) is 4.04. The number of hydrogen-bond donors (Lipinski definition) is 0. The fraction of sp³-hybridized carbons (Fsp3) is 0.300. The van der Waals surface area contributed by atoms with Crippen LogP contribution in [-0.4, -0.2) is 33.8 Å². The molecule has 0 heterocycles. The first-order chi connectivity index (χ1) is 13.3. The van der Waals surface area contributed by atoms with Gasteiger partial charge in [-0.2, -0.15) is 0 Å². The maximum absolute atomic E-state index is 13.3. The molecule has 8 heteroatoms. The minimum atomic E-state index is -3.92. The quantitative estimate of drug-likeness (QED) is 0.409. The Kier molecular flexibility index (Phi) is 7.77. The first-order valence-electron chi connectivity index (χ1n) is 8.79. The third kappa shape index (κ3) is 5.42. The molecule has 0 N–H and O–H groups in total. The monoisotopic (exact) mass is 467 g/mol. The van der Waals surface area contributed by atoms with Crippen molar-refractivity contribution in [2.24, 2.45) is 0 Å². The highest BCUT2D eigenvalue weighted by Crippen LogP contribution is 2.29. The lowest BCUT2D eigenvalue weighted by Crippen LogP contribution is -2.33. The number of nitrogens with zero attached hydrogens (tertiary/aromatic N) is 1. The molecule has 0 aliphatic heterocycles. The van der Waals surface area contributed by atoms with Crippen molar-refractivity contribution in [1.29, 1.82) is 0 Å². The zero-order valence-corrected chi connectivity index (χ0v) is 18.1. The Morgan fingerprint density at radius 1 is 1.18 bits per heavy atom. The first kappa shape index (κ1) is 22.1. The van der Waals surface area contributed by atoms with Gasteiger partial charge in [0, 0.05) is 23.0 Å². The van der Waals surface area contributed by atoms with Gasteiger partial charge in [-0.3, -0.25) is 13.9 Å². The third-order valence-corrected chi connectivity index (χ3v) is 6.36. The van der Waals surface area contributed by atoms with Crippen molar-refractivity contribution in [3.8, 4) is 0 Å². The van der Waals surface area contributed by atoms with E-state index in [0.717, 1.165) is 5.56 Å². The number of rotatable bonds is 9. The van der Waals surface area contributed by atoms with Crippen molar-refractivity contribution in [1.82, 2.24) is 0 Å². The molecule has 28 heavy (non-hydrogen) atoms. The van der Waals surface area contributed by atoms with Crippen LogP contribution in [0.25, 0.3) is 0 Å². The smallest absolute Gasteiger partial charge is 0.305 e. The Morgan fingerprint density at radius 3 is 2.46 bits per heavy atom. The van der Waals surface area contributed by atoms with Gasteiger partial charge >= 0.3 is 5.97 Å². The van der Waals surface area contributed by atoms with Gasteiger partial charge in [-0.25, -0.2) is 8.42 Å². The summed E-state index contributed by atoms with van der Waals surface area (Å²) < 4.78 is 33.3. The molecule has 2 aromatic rings. The van der Waals surface area contributed by atoms with Gasteiger partial charge < -0.3 is 4.74 Å². The van der Waals surface area contributed by atoms with Crippen LogP contribution < -0.4 is 4.31 Å². The molecule has 0 amide bonds. The number of aryl methyl sites for hydroxylation is 1. The summed E-state index contributed by atoms with van der Waals surface area (Å²) in [5.41, 5.74) is 1.44. The Morgan fingerprint density at radius 2 is 1.86 bits per heavy atom. The van der Waals surface area contributed by atoms with Crippen LogP contribution in [0.2, 0.25) is 0 Å². The number of halogens is 1. The summed E-state index contributed by atoms with van der Waals surface area (Å²) in [6.07, 6.45) is 0.960. The standard InChI is InChI=1S/C20H22BrNO5S/c1-3-27-20(24)5-4-12-22(19-11-8-17(21)13-16(19)14-23)28(25,26)18-9-6-15(2)7-10-18/h6-11,13-14H,3-5,12H2,1-2H3. The molecular formula is C20H22BrNO5S. The lowest BCUT2D eigenvalue weighted by atomic mass is 10.2. The average Bonchev–Trinajstić information content (AvgIpc) is 2.66. The number of benzene rings is 2. The molecule has 150 valence electrons. The van der Waals surface area contributed by atoms with Crippen LogP contribution in [-0.2, 0) is 19.6 Å². The molecule has 0 saturated carbocycles. The number of aldehydes is 1. The number of carbonyl (C=O) groups excluding carboxylic acids is 2. The van der Waals surface area contributed by atoms with Crippen molar-refractivity contribution in [2.45, 2.75) is 31.6 Å². The summed E-state index contributed by atoms with van der Waals surface area (Å²) in [4.78, 5) is 23.3. The summed E-state index contributed by atoms with van der Waals surface area (Å²) in [5.74, 6) is -0.387. The van der Waals surface area contributed by atoms with Gasteiger partial charge in [-0.15, -0.1) is 0 Å². The van der Waals surface area contributed by atoms with Gasteiger partial charge in [0.1, 0.15) is 0 Å². The Hall–Kier alpha value is -2.19. The van der Waals surface area contributed by atoms with Crippen LogP contribution in [0.3, 0.4) is 0 Å². The van der Waals surface area contributed by atoms with Crippen molar-refractivity contribution in [3.05, 3.63) is 58.1 Å². The van der Waals surface area contributed by atoms with E-state index in [9.17, 15) is 18.0 Å². The molecule has 0 atom stereocenters. The average molecular weight is 468 g/mol. The number of sulfonamides is 1. The summed E-state index contributed by atoms with van der Waals surface area (Å²) in [6.45, 7) is 3.89. The summed E-state index contributed by atoms with van der Waals surface area (Å²) in [7, 11) is -3.92. The number of hydrogen-bond acceptors (Lipinski definition) is 5. The number of carbonyl (C=O) groups is 2. The second kappa shape index (κ2) is 9.84. The van der Waals surface area contributed by atoms with Crippen LogP contribution in [0.1, 0.15) is 35.7 Å². The molecule has 0 radical (unpaired) electrons. The summed E-state index contributed by atoms with van der Waals surface area (Å²) >= 11 is 3.29. The van der Waals surface area contributed by atoms with E-state index in [4.69, 9.17) is 4.74 Å². The first-order valence-corrected chi connectivity index (χ1v) is 11.0. The molecule has 0 saturated heterocycles. The highest BCUT2D eigenvalue weighted by molar-refractivity contribution is 9.10. The van der Waals surface area contributed by atoms with Crippen LogP contribution in [0.4, 0.5) is 5.69 Å². The molecule has 6 nitrogen and oxygen atoms in total. The van der Waals surface area contributed by atoms with E-state index in [-0.39, 0.29) is 48.1 Å². The highest BCUT2D eigenvalue weighted by atomic mass is 79.9. The lowest BCUT2D eigenvalue weighted by Gasteiger charge is -2.26. The SMILES string of the molecule is CCOC(=O)CCCN(c1ccc(Br)cc1C=O)S(=O)(=O)c1ccc(C)cc1. The van der Waals surface area contributed by atoms with Gasteiger partial charge in [0.25, 0.3) is 10.0 Å². The highest BCUT2D eigenvalue weighted by Gasteiger charge is 2.27. The Balaban J connectivity index is 2.42. The van der Waals surface area contributed by atoms with E-state index in [0.29, 0.717) is 10.8 Å². The predicted molar refractivity (Wildman–Crippen MR) is 111 cm³/mol. The van der Waals surface area contributed by atoms with Crippen molar-refractivity contribution in [2.75, 3.05) is 17.5 Å². The molecule has 2 rings (SSSR count). The summed E-state index contributed by atoms with van der Waals surface area (Å²) in [6, 6.07) is 11.3. The molecular weight excluding hydrogens is 446 g/mol. The van der Waals surface area contributed by atoms with Crippen LogP contribution in [0, 0.1) is 6.92 Å². The van der Waals surface area contributed by atoms with Crippen molar-refractivity contribution >= 4 is 43.9 Å². The van der Waals surface area contributed by atoms with E-state index in [2.05, 4.69) is 15.9 Å². The molecule has 0 unspecified atom stereocenters. The largest absolute Gasteiger partial charge is 0.466 e. The lowest BCUT2D eigenvalue weighted by molar-refractivity contribution is -0.143. The predicted octanol–water partition coefficient (Wildman–Crippen LogP) is 4.11. The van der Waals surface area contributed by atoms with E-state index in [1.54, 1.807) is 37.3 Å². The molecule has 0 bridgehead atoms. The molecule has 0 aliphatic carbocycles. The molecule has 0 aromatic heterocycles. The maximum Gasteiger partial charge on any atom is 0.305 e. The van der Waals surface area contributed by atoms with E-state index in [1.807, 2.05) is 6.92 Å². The Labute approximate surface area is 173 Å². The number of ether oxygens (including phenoxy) is 1.